The zero-order valence-corrected chi connectivity index (χ0v) is 10.8. The van der Waals surface area contributed by atoms with Crippen molar-refractivity contribution in [1.82, 2.24) is 5.32 Å². The van der Waals surface area contributed by atoms with E-state index in [-0.39, 0.29) is 0 Å². The molecule has 1 unspecified atom stereocenters. The summed E-state index contributed by atoms with van der Waals surface area (Å²) in [6.45, 7) is 2.27. The van der Waals surface area contributed by atoms with E-state index in [9.17, 15) is 0 Å². The maximum atomic E-state index is 8.78. The Balaban J connectivity index is 3.17. The van der Waals surface area contributed by atoms with Crippen LogP contribution in [-0.4, -0.2) is 20.3 Å². The number of benzene rings is 1. The predicted molar refractivity (Wildman–Crippen MR) is 66.5 cm³/mol. The minimum atomic E-state index is -0.541. The number of nitrogens with one attached hydrogen (secondary N) is 1. The van der Waals surface area contributed by atoms with Crippen molar-refractivity contribution in [2.45, 2.75) is 19.6 Å². The minimum absolute atomic E-state index is 0.532. The second kappa shape index (κ2) is 6.33. The molecule has 4 nitrogen and oxygen atoms in total. The molecule has 0 heterocycles. The Morgan fingerprint density at radius 1 is 1.53 bits per heavy atom. The van der Waals surface area contributed by atoms with Gasteiger partial charge in [-0.05, 0) is 20.0 Å². The molecule has 0 aliphatic rings. The highest BCUT2D eigenvalue weighted by molar-refractivity contribution is 6.30. The van der Waals surface area contributed by atoms with Gasteiger partial charge in [0.25, 0.3) is 0 Å². The largest absolute Gasteiger partial charge is 0.493 e. The van der Waals surface area contributed by atoms with Crippen LogP contribution in [0.4, 0.5) is 0 Å². The van der Waals surface area contributed by atoms with Crippen LogP contribution in [-0.2, 0) is 6.54 Å². The van der Waals surface area contributed by atoms with Gasteiger partial charge in [0, 0.05) is 23.2 Å². The molecule has 0 aromatic heterocycles. The van der Waals surface area contributed by atoms with E-state index in [1.807, 2.05) is 13.1 Å². The van der Waals surface area contributed by atoms with E-state index in [0.29, 0.717) is 23.1 Å². The molecule has 0 amide bonds. The van der Waals surface area contributed by atoms with Crippen LogP contribution < -0.4 is 14.8 Å². The van der Waals surface area contributed by atoms with E-state index in [1.54, 1.807) is 26.2 Å². The number of hydrogen-bond acceptors (Lipinski definition) is 4. The number of rotatable bonds is 5. The van der Waals surface area contributed by atoms with E-state index < -0.39 is 6.10 Å². The summed E-state index contributed by atoms with van der Waals surface area (Å²) in [7, 11) is 3.36. The molecule has 0 saturated carbocycles. The van der Waals surface area contributed by atoms with Crippen molar-refractivity contribution in [2.75, 3.05) is 14.2 Å². The van der Waals surface area contributed by atoms with Crippen LogP contribution in [0.5, 0.6) is 11.5 Å². The fourth-order valence-electron chi connectivity index (χ4n) is 1.43. The molecule has 0 aliphatic carbocycles. The topological polar surface area (TPSA) is 54.3 Å². The molecule has 5 heteroatoms. The minimum Gasteiger partial charge on any atom is -0.493 e. The van der Waals surface area contributed by atoms with Gasteiger partial charge in [-0.2, -0.15) is 5.26 Å². The molecule has 92 valence electrons. The molecule has 1 aromatic carbocycles. The molecule has 0 radical (unpaired) electrons. The van der Waals surface area contributed by atoms with Gasteiger partial charge in [0.15, 0.2) is 17.6 Å². The Hall–Kier alpha value is -1.44. The van der Waals surface area contributed by atoms with E-state index in [2.05, 4.69) is 5.32 Å². The molecule has 0 saturated heterocycles. The molecule has 0 spiro atoms. The van der Waals surface area contributed by atoms with Crippen molar-refractivity contribution in [3.05, 3.63) is 22.7 Å². The normalized spacial score (nSPS) is 11.7. The maximum absolute atomic E-state index is 8.78. The smallest absolute Gasteiger partial charge is 0.181 e. The molecule has 17 heavy (non-hydrogen) atoms. The van der Waals surface area contributed by atoms with Crippen LogP contribution >= 0.6 is 11.6 Å². The summed E-state index contributed by atoms with van der Waals surface area (Å²) in [4.78, 5) is 0. The third kappa shape index (κ3) is 3.52. The summed E-state index contributed by atoms with van der Waals surface area (Å²) >= 11 is 5.98. The maximum Gasteiger partial charge on any atom is 0.181 e. The Morgan fingerprint density at radius 3 is 2.76 bits per heavy atom. The van der Waals surface area contributed by atoms with Crippen molar-refractivity contribution >= 4 is 11.6 Å². The molecule has 1 N–H and O–H groups in total. The van der Waals surface area contributed by atoms with Gasteiger partial charge in [-0.1, -0.05) is 11.6 Å². The Labute approximate surface area is 106 Å². The molecule has 1 aromatic rings. The Morgan fingerprint density at radius 2 is 2.24 bits per heavy atom. The fraction of sp³-hybridized carbons (Fsp3) is 0.417. The van der Waals surface area contributed by atoms with Crippen LogP contribution in [0.3, 0.4) is 0 Å². The van der Waals surface area contributed by atoms with Crippen molar-refractivity contribution in [3.8, 4) is 17.6 Å². The Kier molecular flexibility index (Phi) is 5.08. The van der Waals surface area contributed by atoms with Crippen LogP contribution in [0.25, 0.3) is 0 Å². The Bertz CT molecular complexity index is 429. The first-order valence-electron chi connectivity index (χ1n) is 5.19. The third-order valence-electron chi connectivity index (χ3n) is 2.16. The van der Waals surface area contributed by atoms with Gasteiger partial charge in [0.05, 0.1) is 7.11 Å². The molecule has 0 fully saturated rings. The number of nitrogens with zero attached hydrogens (tertiary/aromatic N) is 1. The first kappa shape index (κ1) is 13.6. The number of nitriles is 1. The lowest BCUT2D eigenvalue weighted by atomic mass is 10.1. The van der Waals surface area contributed by atoms with Crippen molar-refractivity contribution in [1.29, 1.82) is 5.26 Å². The molecule has 1 atom stereocenters. The van der Waals surface area contributed by atoms with Crippen molar-refractivity contribution in [3.63, 3.8) is 0 Å². The third-order valence-corrected chi connectivity index (χ3v) is 2.38. The van der Waals surface area contributed by atoms with Gasteiger partial charge >= 0.3 is 0 Å². The van der Waals surface area contributed by atoms with Gasteiger partial charge in [-0.25, -0.2) is 0 Å². The van der Waals surface area contributed by atoms with Crippen molar-refractivity contribution < 1.29 is 9.47 Å². The molecule has 0 bridgehead atoms. The van der Waals surface area contributed by atoms with E-state index in [1.165, 1.54) is 0 Å². The average molecular weight is 255 g/mol. The summed E-state index contributed by atoms with van der Waals surface area (Å²) in [6, 6.07) is 5.48. The number of hydrogen-bond donors (Lipinski definition) is 1. The van der Waals surface area contributed by atoms with Gasteiger partial charge < -0.3 is 14.8 Å². The lowest BCUT2D eigenvalue weighted by molar-refractivity contribution is 0.257. The second-order valence-electron chi connectivity index (χ2n) is 3.52. The van der Waals surface area contributed by atoms with Crippen LogP contribution in [0, 0.1) is 11.3 Å². The molecular formula is C12H15ClN2O2. The van der Waals surface area contributed by atoms with E-state index in [0.717, 1.165) is 5.56 Å². The highest BCUT2D eigenvalue weighted by Crippen LogP contribution is 2.35. The highest BCUT2D eigenvalue weighted by atomic mass is 35.5. The first-order chi connectivity index (χ1) is 8.12. The summed E-state index contributed by atoms with van der Waals surface area (Å²) in [5.74, 6) is 1.09. The molecule has 0 aliphatic heterocycles. The van der Waals surface area contributed by atoms with Gasteiger partial charge in [0.1, 0.15) is 6.07 Å². The van der Waals surface area contributed by atoms with Crippen LogP contribution in [0.1, 0.15) is 12.5 Å². The number of ether oxygens (including phenoxy) is 2. The van der Waals surface area contributed by atoms with Crippen LogP contribution in [0.2, 0.25) is 5.02 Å². The zero-order chi connectivity index (χ0) is 12.8. The van der Waals surface area contributed by atoms with Crippen LogP contribution in [0.15, 0.2) is 12.1 Å². The van der Waals surface area contributed by atoms with Crippen molar-refractivity contribution in [2.24, 2.45) is 0 Å². The van der Waals surface area contributed by atoms with Gasteiger partial charge in [0.2, 0.25) is 0 Å². The summed E-state index contributed by atoms with van der Waals surface area (Å²) in [6.07, 6.45) is -0.541. The first-order valence-corrected chi connectivity index (χ1v) is 5.57. The SMILES string of the molecule is CNCc1cc(Cl)cc(OC)c1OC(C)C#N. The average Bonchev–Trinajstić information content (AvgIpc) is 2.32. The molecular weight excluding hydrogens is 240 g/mol. The van der Waals surface area contributed by atoms with Gasteiger partial charge in [-0.15, -0.1) is 0 Å². The monoisotopic (exact) mass is 254 g/mol. The predicted octanol–water partition coefficient (Wildman–Crippen LogP) is 2.36. The quantitative estimate of drug-likeness (QED) is 0.876. The summed E-state index contributed by atoms with van der Waals surface area (Å²) in [5, 5.41) is 12.4. The number of methoxy groups -OCH3 is 1. The highest BCUT2D eigenvalue weighted by Gasteiger charge is 2.14. The second-order valence-corrected chi connectivity index (χ2v) is 3.95. The van der Waals surface area contributed by atoms with Gasteiger partial charge in [-0.3, -0.25) is 0 Å². The lowest BCUT2D eigenvalue weighted by Gasteiger charge is -2.16. The fourth-order valence-corrected chi connectivity index (χ4v) is 1.66. The number of halogens is 1. The van der Waals surface area contributed by atoms with E-state index >= 15 is 0 Å². The standard InChI is InChI=1S/C12H15ClN2O2/c1-8(6-14)17-12-9(7-15-2)4-10(13)5-11(12)16-3/h4-5,8,15H,7H2,1-3H3. The zero-order valence-electron chi connectivity index (χ0n) is 10.1. The summed E-state index contributed by atoms with van der Waals surface area (Å²) < 4.78 is 10.8. The lowest BCUT2D eigenvalue weighted by Crippen LogP contribution is -2.13. The van der Waals surface area contributed by atoms with E-state index in [4.69, 9.17) is 26.3 Å². The summed E-state index contributed by atoms with van der Waals surface area (Å²) in [5.41, 5.74) is 0.860. The molecule has 1 rings (SSSR count).